The number of allylic oxidation sites excluding steroid dienone is 4. The van der Waals surface area contributed by atoms with E-state index in [1.807, 2.05) is 11.5 Å². The van der Waals surface area contributed by atoms with Crippen LogP contribution in [0.3, 0.4) is 0 Å². The van der Waals surface area contributed by atoms with Gasteiger partial charge in [-0.05, 0) is 17.6 Å². The molecule has 0 amide bonds. The number of thioether (sulfide) groups is 1. The van der Waals surface area contributed by atoms with Crippen molar-refractivity contribution in [1.82, 2.24) is 0 Å². The van der Waals surface area contributed by atoms with Crippen molar-refractivity contribution in [2.24, 2.45) is 0 Å². The molecule has 2 N–H and O–H groups in total. The Hall–Kier alpha value is -0.770. The van der Waals surface area contributed by atoms with E-state index in [-0.39, 0.29) is 0 Å². The normalized spacial score (nSPS) is 24.5. The van der Waals surface area contributed by atoms with E-state index >= 15 is 0 Å². The standard InChI is InChI=1S/C9H8O2S/c10-9(11)5-1-4-8-7(9)3-2-6-12-8/h1-6,10-11H. The summed E-state index contributed by atoms with van der Waals surface area (Å²) in [4.78, 5) is 0.894. The second kappa shape index (κ2) is 2.62. The van der Waals surface area contributed by atoms with Crippen LogP contribution >= 0.6 is 11.8 Å². The van der Waals surface area contributed by atoms with Crippen molar-refractivity contribution in [2.45, 2.75) is 5.79 Å². The fourth-order valence-electron chi connectivity index (χ4n) is 1.19. The lowest BCUT2D eigenvalue weighted by molar-refractivity contribution is -0.0824. The lowest BCUT2D eigenvalue weighted by Gasteiger charge is -2.26. The van der Waals surface area contributed by atoms with Gasteiger partial charge in [-0.15, -0.1) is 0 Å². The first-order chi connectivity index (χ1) is 5.70. The molecule has 12 heavy (non-hydrogen) atoms. The third kappa shape index (κ3) is 1.16. The van der Waals surface area contributed by atoms with Gasteiger partial charge in [0.25, 0.3) is 0 Å². The Balaban J connectivity index is 2.48. The van der Waals surface area contributed by atoms with Crippen LogP contribution in [0.5, 0.6) is 0 Å². The summed E-state index contributed by atoms with van der Waals surface area (Å²) in [6.07, 6.45) is 8.40. The van der Waals surface area contributed by atoms with Crippen molar-refractivity contribution < 1.29 is 10.2 Å². The molecule has 1 aliphatic carbocycles. The van der Waals surface area contributed by atoms with Gasteiger partial charge in [-0.1, -0.05) is 30.0 Å². The lowest BCUT2D eigenvalue weighted by atomic mass is 10.0. The van der Waals surface area contributed by atoms with Crippen LogP contribution in [0.25, 0.3) is 0 Å². The topological polar surface area (TPSA) is 40.5 Å². The molecule has 0 aromatic rings. The molecule has 0 saturated heterocycles. The third-order valence-electron chi connectivity index (χ3n) is 1.77. The molecule has 0 bridgehead atoms. The Morgan fingerprint density at radius 2 is 2.00 bits per heavy atom. The van der Waals surface area contributed by atoms with Crippen LogP contribution in [0, 0.1) is 0 Å². The maximum atomic E-state index is 9.48. The highest BCUT2D eigenvalue weighted by Gasteiger charge is 2.30. The number of fused-ring (bicyclic) bond motifs is 1. The van der Waals surface area contributed by atoms with Gasteiger partial charge in [0, 0.05) is 10.5 Å². The second-order valence-corrected chi connectivity index (χ2v) is 3.59. The number of hydrogen-bond donors (Lipinski definition) is 2. The van der Waals surface area contributed by atoms with Crippen LogP contribution in [-0.2, 0) is 0 Å². The van der Waals surface area contributed by atoms with Gasteiger partial charge in [0.2, 0.25) is 5.79 Å². The van der Waals surface area contributed by atoms with E-state index in [1.54, 1.807) is 18.2 Å². The zero-order chi connectivity index (χ0) is 8.60. The Morgan fingerprint density at radius 3 is 2.75 bits per heavy atom. The fraction of sp³-hybridized carbons (Fsp3) is 0.111. The van der Waals surface area contributed by atoms with Gasteiger partial charge < -0.3 is 10.2 Å². The highest BCUT2D eigenvalue weighted by molar-refractivity contribution is 8.06. The summed E-state index contributed by atoms with van der Waals surface area (Å²) in [5.41, 5.74) is 0.553. The molecule has 0 aromatic carbocycles. The first kappa shape index (κ1) is 7.86. The van der Waals surface area contributed by atoms with Crippen LogP contribution < -0.4 is 0 Å². The van der Waals surface area contributed by atoms with Gasteiger partial charge >= 0.3 is 0 Å². The average molecular weight is 180 g/mol. The zero-order valence-electron chi connectivity index (χ0n) is 6.27. The van der Waals surface area contributed by atoms with Crippen molar-refractivity contribution in [3.05, 3.63) is 46.3 Å². The van der Waals surface area contributed by atoms with E-state index in [4.69, 9.17) is 0 Å². The zero-order valence-corrected chi connectivity index (χ0v) is 7.08. The first-order valence-electron chi connectivity index (χ1n) is 3.59. The maximum Gasteiger partial charge on any atom is 0.211 e. The Morgan fingerprint density at radius 1 is 1.17 bits per heavy atom. The maximum absolute atomic E-state index is 9.48. The van der Waals surface area contributed by atoms with Gasteiger partial charge in [-0.2, -0.15) is 0 Å². The molecule has 2 nitrogen and oxygen atoms in total. The molecule has 0 spiro atoms. The molecular formula is C9H8O2S. The molecule has 0 radical (unpaired) electrons. The smallest absolute Gasteiger partial charge is 0.211 e. The van der Waals surface area contributed by atoms with Crippen LogP contribution in [0.1, 0.15) is 0 Å². The minimum Gasteiger partial charge on any atom is -0.359 e. The average Bonchev–Trinajstić information content (AvgIpc) is 2.04. The molecule has 0 saturated carbocycles. The summed E-state index contributed by atoms with van der Waals surface area (Å²) in [7, 11) is 0. The van der Waals surface area contributed by atoms with E-state index in [0.717, 1.165) is 4.91 Å². The fourth-order valence-corrected chi connectivity index (χ4v) is 1.99. The number of aliphatic hydroxyl groups is 2. The molecule has 2 rings (SSSR count). The van der Waals surface area contributed by atoms with Crippen molar-refractivity contribution in [3.8, 4) is 0 Å². The summed E-state index contributed by atoms with van der Waals surface area (Å²) < 4.78 is 0. The molecule has 0 atom stereocenters. The van der Waals surface area contributed by atoms with Crippen LogP contribution in [0.2, 0.25) is 0 Å². The van der Waals surface area contributed by atoms with E-state index in [2.05, 4.69) is 0 Å². The summed E-state index contributed by atoms with van der Waals surface area (Å²) in [5.74, 6) is -1.79. The van der Waals surface area contributed by atoms with Crippen molar-refractivity contribution in [3.63, 3.8) is 0 Å². The van der Waals surface area contributed by atoms with Gasteiger partial charge in [0.1, 0.15) is 0 Å². The van der Waals surface area contributed by atoms with E-state index in [1.165, 1.54) is 17.8 Å². The van der Waals surface area contributed by atoms with Gasteiger partial charge in [-0.3, -0.25) is 0 Å². The molecule has 3 heteroatoms. The van der Waals surface area contributed by atoms with Crippen LogP contribution in [0.15, 0.2) is 46.3 Å². The van der Waals surface area contributed by atoms with E-state index in [9.17, 15) is 10.2 Å². The van der Waals surface area contributed by atoms with E-state index < -0.39 is 5.79 Å². The molecule has 0 unspecified atom stereocenters. The van der Waals surface area contributed by atoms with Crippen molar-refractivity contribution >= 4 is 11.8 Å². The Kier molecular flexibility index (Phi) is 1.72. The molecule has 2 aliphatic rings. The number of rotatable bonds is 0. The SMILES string of the molecule is OC1(O)C=CC=C2SC=CC=C21. The molecule has 0 aromatic heterocycles. The molecule has 1 aliphatic heterocycles. The first-order valence-corrected chi connectivity index (χ1v) is 4.47. The van der Waals surface area contributed by atoms with Crippen molar-refractivity contribution in [2.75, 3.05) is 0 Å². The molecule has 1 heterocycles. The Bertz CT molecular complexity index is 321. The highest BCUT2D eigenvalue weighted by Crippen LogP contribution is 2.37. The van der Waals surface area contributed by atoms with E-state index in [0.29, 0.717) is 5.57 Å². The minimum absolute atomic E-state index is 0.553. The van der Waals surface area contributed by atoms with Gasteiger partial charge in [0.15, 0.2) is 0 Å². The predicted octanol–water partition coefficient (Wildman–Crippen LogP) is 1.31. The van der Waals surface area contributed by atoms with Gasteiger partial charge in [-0.25, -0.2) is 0 Å². The minimum atomic E-state index is -1.79. The lowest BCUT2D eigenvalue weighted by Crippen LogP contribution is -2.30. The summed E-state index contributed by atoms with van der Waals surface area (Å²) in [6.45, 7) is 0. The van der Waals surface area contributed by atoms with Crippen molar-refractivity contribution in [1.29, 1.82) is 0 Å². The van der Waals surface area contributed by atoms with Crippen LogP contribution in [-0.4, -0.2) is 16.0 Å². The molecule has 62 valence electrons. The third-order valence-corrected chi connectivity index (χ3v) is 2.68. The van der Waals surface area contributed by atoms with Crippen LogP contribution in [0.4, 0.5) is 0 Å². The largest absolute Gasteiger partial charge is 0.359 e. The molecule has 0 fully saturated rings. The quantitative estimate of drug-likeness (QED) is 0.552. The monoisotopic (exact) mass is 180 g/mol. The summed E-state index contributed by atoms with van der Waals surface area (Å²) >= 11 is 1.49. The number of hydrogen-bond acceptors (Lipinski definition) is 3. The second-order valence-electron chi connectivity index (χ2n) is 2.64. The highest BCUT2D eigenvalue weighted by atomic mass is 32.2. The Labute approximate surface area is 74.6 Å². The van der Waals surface area contributed by atoms with Gasteiger partial charge in [0.05, 0.1) is 0 Å². The summed E-state index contributed by atoms with van der Waals surface area (Å²) in [6, 6.07) is 0. The predicted molar refractivity (Wildman–Crippen MR) is 49.2 cm³/mol. The molecular weight excluding hydrogens is 172 g/mol. The summed E-state index contributed by atoms with van der Waals surface area (Å²) in [5, 5.41) is 20.9.